The van der Waals surface area contributed by atoms with Crippen molar-refractivity contribution in [1.82, 2.24) is 9.88 Å². The van der Waals surface area contributed by atoms with E-state index < -0.39 is 0 Å². The van der Waals surface area contributed by atoms with Crippen LogP contribution in [0.4, 0.5) is 5.82 Å². The first-order valence-electron chi connectivity index (χ1n) is 9.73. The van der Waals surface area contributed by atoms with E-state index in [-0.39, 0.29) is 5.91 Å². The molecule has 0 N–H and O–H groups in total. The van der Waals surface area contributed by atoms with Crippen LogP contribution >= 0.6 is 0 Å². The van der Waals surface area contributed by atoms with Crippen molar-refractivity contribution >= 4 is 22.6 Å². The van der Waals surface area contributed by atoms with Gasteiger partial charge in [-0.3, -0.25) is 4.79 Å². The number of methoxy groups -OCH3 is 2. The van der Waals surface area contributed by atoms with Crippen LogP contribution in [0.5, 0.6) is 11.5 Å². The van der Waals surface area contributed by atoms with E-state index in [2.05, 4.69) is 24.0 Å². The van der Waals surface area contributed by atoms with Gasteiger partial charge in [0, 0.05) is 37.1 Å². The molecular weight excluding hydrogens is 366 g/mol. The normalized spacial score (nSPS) is 14.2. The Morgan fingerprint density at radius 1 is 0.931 bits per heavy atom. The average Bonchev–Trinajstić information content (AvgIpc) is 2.77. The minimum atomic E-state index is 0.00814. The van der Waals surface area contributed by atoms with Crippen molar-refractivity contribution in [3.8, 4) is 11.5 Å². The van der Waals surface area contributed by atoms with Crippen LogP contribution in [-0.2, 0) is 0 Å². The van der Waals surface area contributed by atoms with E-state index >= 15 is 0 Å². The number of rotatable bonds is 4. The fraction of sp³-hybridized carbons (Fsp3) is 0.304. The molecule has 2 heterocycles. The Bertz CT molecular complexity index is 1040. The molecular formula is C23H25N3O3. The zero-order chi connectivity index (χ0) is 20.4. The van der Waals surface area contributed by atoms with Crippen molar-refractivity contribution < 1.29 is 14.3 Å². The molecule has 0 atom stereocenters. The van der Waals surface area contributed by atoms with E-state index in [1.165, 1.54) is 0 Å². The highest BCUT2D eigenvalue weighted by molar-refractivity contribution is 5.95. The topological polar surface area (TPSA) is 54.9 Å². The molecule has 0 bridgehead atoms. The highest BCUT2D eigenvalue weighted by Crippen LogP contribution is 2.29. The number of amides is 1. The number of carbonyl (C=O) groups excluding carboxylic acids is 1. The summed E-state index contributed by atoms with van der Waals surface area (Å²) in [6, 6.07) is 15.6. The van der Waals surface area contributed by atoms with Crippen LogP contribution in [0.25, 0.3) is 10.9 Å². The third-order valence-corrected chi connectivity index (χ3v) is 5.38. The second-order valence-electron chi connectivity index (χ2n) is 7.17. The van der Waals surface area contributed by atoms with Gasteiger partial charge in [-0.25, -0.2) is 4.98 Å². The smallest absolute Gasteiger partial charge is 0.254 e. The summed E-state index contributed by atoms with van der Waals surface area (Å²) in [4.78, 5) is 22.0. The maximum atomic E-state index is 12.9. The molecule has 0 aliphatic carbocycles. The van der Waals surface area contributed by atoms with E-state index in [0.29, 0.717) is 30.2 Å². The molecule has 29 heavy (non-hydrogen) atoms. The number of aryl methyl sites for hydroxylation is 1. The highest BCUT2D eigenvalue weighted by atomic mass is 16.5. The Hall–Kier alpha value is -3.28. The molecule has 0 saturated carbocycles. The summed E-state index contributed by atoms with van der Waals surface area (Å²) in [6.07, 6.45) is 0. The van der Waals surface area contributed by atoms with Crippen molar-refractivity contribution in [2.24, 2.45) is 0 Å². The monoisotopic (exact) mass is 391 g/mol. The average molecular weight is 391 g/mol. The summed E-state index contributed by atoms with van der Waals surface area (Å²) in [5, 5.41) is 1.15. The molecule has 150 valence electrons. The molecule has 2 aromatic carbocycles. The standard InChI is InChI=1S/C23H25N3O3/c1-16-14-17-6-4-5-7-19(17)24-22(16)25-10-12-26(13-11-25)23(27)18-8-9-20(28-2)21(15-18)29-3/h4-9,14-15H,10-13H2,1-3H3. The molecule has 1 fully saturated rings. The lowest BCUT2D eigenvalue weighted by molar-refractivity contribution is 0.0746. The first-order valence-corrected chi connectivity index (χ1v) is 9.73. The van der Waals surface area contributed by atoms with Gasteiger partial charge < -0.3 is 19.3 Å². The molecule has 1 aromatic heterocycles. The number of nitrogens with zero attached hydrogens (tertiary/aromatic N) is 3. The van der Waals surface area contributed by atoms with E-state index in [9.17, 15) is 4.79 Å². The van der Waals surface area contributed by atoms with Gasteiger partial charge in [0.2, 0.25) is 0 Å². The molecule has 6 nitrogen and oxygen atoms in total. The van der Waals surface area contributed by atoms with Crippen molar-refractivity contribution in [2.75, 3.05) is 45.3 Å². The number of carbonyl (C=O) groups is 1. The Balaban J connectivity index is 1.48. The second kappa shape index (κ2) is 7.99. The van der Waals surface area contributed by atoms with E-state index in [4.69, 9.17) is 14.5 Å². The number of ether oxygens (including phenoxy) is 2. The van der Waals surface area contributed by atoms with Gasteiger partial charge in [-0.05, 0) is 42.8 Å². The van der Waals surface area contributed by atoms with E-state index in [1.807, 2.05) is 23.1 Å². The summed E-state index contributed by atoms with van der Waals surface area (Å²) >= 11 is 0. The number of aromatic nitrogens is 1. The molecule has 1 aliphatic rings. The Labute approximate surface area is 170 Å². The molecule has 0 unspecified atom stereocenters. The fourth-order valence-electron chi connectivity index (χ4n) is 3.80. The van der Waals surface area contributed by atoms with Gasteiger partial charge in [-0.2, -0.15) is 0 Å². The van der Waals surface area contributed by atoms with Gasteiger partial charge in [0.15, 0.2) is 11.5 Å². The third kappa shape index (κ3) is 3.70. The second-order valence-corrected chi connectivity index (χ2v) is 7.17. The third-order valence-electron chi connectivity index (χ3n) is 5.38. The largest absolute Gasteiger partial charge is 0.493 e. The number of hydrogen-bond donors (Lipinski definition) is 0. The lowest BCUT2D eigenvalue weighted by Gasteiger charge is -2.36. The van der Waals surface area contributed by atoms with Gasteiger partial charge in [0.25, 0.3) is 5.91 Å². The number of piperazine rings is 1. The lowest BCUT2D eigenvalue weighted by Crippen LogP contribution is -2.49. The SMILES string of the molecule is COc1ccc(C(=O)N2CCN(c3nc4ccccc4cc3C)CC2)cc1OC. The van der Waals surface area contributed by atoms with Crippen LogP contribution in [0.15, 0.2) is 48.5 Å². The predicted molar refractivity (Wildman–Crippen MR) is 114 cm³/mol. The van der Waals surface area contributed by atoms with Crippen molar-refractivity contribution in [3.05, 3.63) is 59.7 Å². The molecule has 0 spiro atoms. The van der Waals surface area contributed by atoms with Crippen LogP contribution in [0.2, 0.25) is 0 Å². The van der Waals surface area contributed by atoms with Gasteiger partial charge in [-0.15, -0.1) is 0 Å². The van der Waals surface area contributed by atoms with Crippen LogP contribution in [0.3, 0.4) is 0 Å². The molecule has 1 saturated heterocycles. The predicted octanol–water partition coefficient (Wildman–Crippen LogP) is 3.52. The number of para-hydroxylation sites is 1. The number of anilines is 1. The first kappa shape index (κ1) is 19.1. The zero-order valence-corrected chi connectivity index (χ0v) is 17.0. The zero-order valence-electron chi connectivity index (χ0n) is 17.0. The van der Waals surface area contributed by atoms with Crippen LogP contribution in [-0.4, -0.2) is 56.2 Å². The molecule has 1 amide bonds. The summed E-state index contributed by atoms with van der Waals surface area (Å²) < 4.78 is 10.6. The van der Waals surface area contributed by atoms with Gasteiger partial charge in [0.1, 0.15) is 5.82 Å². The summed E-state index contributed by atoms with van der Waals surface area (Å²) in [5.41, 5.74) is 2.76. The van der Waals surface area contributed by atoms with E-state index in [1.54, 1.807) is 32.4 Å². The van der Waals surface area contributed by atoms with Crippen LogP contribution in [0, 0.1) is 6.92 Å². The molecule has 4 rings (SSSR count). The highest BCUT2D eigenvalue weighted by Gasteiger charge is 2.24. The number of pyridine rings is 1. The fourth-order valence-corrected chi connectivity index (χ4v) is 3.80. The first-order chi connectivity index (χ1) is 14.1. The number of fused-ring (bicyclic) bond motifs is 1. The van der Waals surface area contributed by atoms with Crippen molar-refractivity contribution in [2.45, 2.75) is 6.92 Å². The van der Waals surface area contributed by atoms with Crippen LogP contribution in [0.1, 0.15) is 15.9 Å². The quantitative estimate of drug-likeness (QED) is 0.681. The van der Waals surface area contributed by atoms with E-state index in [0.717, 1.165) is 35.4 Å². The molecule has 6 heteroatoms. The summed E-state index contributed by atoms with van der Waals surface area (Å²) in [5.74, 6) is 2.19. The molecule has 0 radical (unpaired) electrons. The Kier molecular flexibility index (Phi) is 5.25. The maximum absolute atomic E-state index is 12.9. The minimum absolute atomic E-state index is 0.00814. The van der Waals surface area contributed by atoms with Gasteiger partial charge >= 0.3 is 0 Å². The number of benzene rings is 2. The van der Waals surface area contributed by atoms with Crippen molar-refractivity contribution in [3.63, 3.8) is 0 Å². The van der Waals surface area contributed by atoms with Gasteiger partial charge in [0.05, 0.1) is 19.7 Å². The number of hydrogen-bond acceptors (Lipinski definition) is 5. The Morgan fingerprint density at radius 2 is 1.66 bits per heavy atom. The summed E-state index contributed by atoms with van der Waals surface area (Å²) in [7, 11) is 3.16. The molecule has 1 aliphatic heterocycles. The van der Waals surface area contributed by atoms with Crippen LogP contribution < -0.4 is 14.4 Å². The molecule has 3 aromatic rings. The van der Waals surface area contributed by atoms with Crippen molar-refractivity contribution in [1.29, 1.82) is 0 Å². The lowest BCUT2D eigenvalue weighted by atomic mass is 10.1. The minimum Gasteiger partial charge on any atom is -0.493 e. The summed E-state index contributed by atoms with van der Waals surface area (Å²) in [6.45, 7) is 4.91. The Morgan fingerprint density at radius 3 is 2.38 bits per heavy atom. The van der Waals surface area contributed by atoms with Gasteiger partial charge in [-0.1, -0.05) is 18.2 Å². The maximum Gasteiger partial charge on any atom is 0.254 e.